The summed E-state index contributed by atoms with van der Waals surface area (Å²) >= 11 is 13.4. The van der Waals surface area contributed by atoms with Crippen molar-refractivity contribution in [1.82, 2.24) is 5.32 Å². The summed E-state index contributed by atoms with van der Waals surface area (Å²) in [6.07, 6.45) is 0.820. The summed E-state index contributed by atoms with van der Waals surface area (Å²) in [5.41, 5.74) is 16.3. The van der Waals surface area contributed by atoms with Gasteiger partial charge >= 0.3 is 0 Å². The molecule has 0 fully saturated rings. The topological polar surface area (TPSA) is 141 Å². The second-order valence-electron chi connectivity index (χ2n) is 9.64. The number of aliphatic hydroxyl groups excluding tert-OH is 1. The molecule has 6 N–H and O–H groups in total. The Hall–Kier alpha value is -3.86. The van der Waals surface area contributed by atoms with Crippen LogP contribution in [-0.2, 0) is 19.8 Å². The zero-order valence-corrected chi connectivity index (χ0v) is 25.0. The fourth-order valence-electron chi connectivity index (χ4n) is 4.33. The number of nitrogen functional groups attached to an aromatic ring is 1. The molecule has 0 saturated carbocycles. The average Bonchev–Trinajstić information content (AvgIpc) is 3.02. The van der Waals surface area contributed by atoms with Crippen molar-refractivity contribution in [3.05, 3.63) is 104 Å². The van der Waals surface area contributed by atoms with Crippen molar-refractivity contribution in [2.45, 2.75) is 26.2 Å². The number of aliphatic hydroxyl groups is 1. The Kier molecular flexibility index (Phi) is 12.0. The zero-order chi connectivity index (χ0) is 30.6. The van der Waals surface area contributed by atoms with E-state index in [0.29, 0.717) is 40.3 Å². The Labute approximate surface area is 260 Å². The summed E-state index contributed by atoms with van der Waals surface area (Å²) in [6, 6.07) is 21.9. The molecule has 43 heavy (non-hydrogen) atoms. The van der Waals surface area contributed by atoms with Crippen LogP contribution in [0.15, 0.2) is 78.0 Å². The maximum absolute atomic E-state index is 10.8. The molecular formula is C32H34Cl2N4O5. The molecule has 0 saturated heterocycles. The van der Waals surface area contributed by atoms with Gasteiger partial charge < -0.3 is 36.1 Å². The monoisotopic (exact) mass is 624 g/mol. The minimum Gasteiger partial charge on any atom is -0.494 e. The standard InChI is InChI=1S/C32H34Cl2N4O5/c33-27-16-24(18-35)30(42-19-21-8-9-29(38-40)28(36)14-21)17-31(27)43-20-23-5-2-7-26(32(23)34)22-4-1-6-25(15-22)41-13-3-10-37-11-12-39/h1-2,4-9,14-17,37,39H,3,10-13,18-20,35-36H2. The van der Waals surface area contributed by atoms with E-state index in [1.54, 1.807) is 30.3 Å². The fraction of sp³-hybridized carbons (Fsp3) is 0.250. The number of nitroso groups, excluding NO2 is 1. The predicted molar refractivity (Wildman–Crippen MR) is 171 cm³/mol. The van der Waals surface area contributed by atoms with Crippen LogP contribution in [0.25, 0.3) is 11.1 Å². The minimum atomic E-state index is 0.117. The molecule has 0 atom stereocenters. The van der Waals surface area contributed by atoms with Crippen molar-refractivity contribution >= 4 is 34.6 Å². The van der Waals surface area contributed by atoms with Gasteiger partial charge in [0.2, 0.25) is 0 Å². The van der Waals surface area contributed by atoms with Gasteiger partial charge in [-0.2, -0.15) is 0 Å². The maximum atomic E-state index is 10.8. The molecule has 4 aromatic rings. The number of hydrogen-bond acceptors (Lipinski definition) is 9. The molecule has 11 heteroatoms. The normalized spacial score (nSPS) is 10.9. The molecule has 0 aliphatic carbocycles. The third kappa shape index (κ3) is 8.82. The van der Waals surface area contributed by atoms with Gasteiger partial charge in [0.1, 0.15) is 36.1 Å². The number of nitrogens with one attached hydrogen (secondary N) is 1. The van der Waals surface area contributed by atoms with E-state index in [1.165, 1.54) is 0 Å². The molecule has 0 heterocycles. The van der Waals surface area contributed by atoms with Crippen LogP contribution >= 0.6 is 23.2 Å². The van der Waals surface area contributed by atoms with E-state index in [-0.39, 0.29) is 37.7 Å². The van der Waals surface area contributed by atoms with E-state index in [4.69, 9.17) is 54.0 Å². The number of rotatable bonds is 16. The molecule has 4 aromatic carbocycles. The van der Waals surface area contributed by atoms with Gasteiger partial charge in [-0.05, 0) is 59.6 Å². The lowest BCUT2D eigenvalue weighted by Crippen LogP contribution is -2.20. The molecule has 4 rings (SSSR count). The van der Waals surface area contributed by atoms with E-state index in [1.807, 2.05) is 42.5 Å². The van der Waals surface area contributed by atoms with Gasteiger partial charge in [0.25, 0.3) is 0 Å². The van der Waals surface area contributed by atoms with Crippen molar-refractivity contribution in [2.75, 3.05) is 32.0 Å². The molecule has 0 aliphatic rings. The van der Waals surface area contributed by atoms with Crippen LogP contribution < -0.4 is 31.0 Å². The number of ether oxygens (including phenoxy) is 3. The first-order chi connectivity index (χ1) is 20.9. The Balaban J connectivity index is 1.44. The highest BCUT2D eigenvalue weighted by atomic mass is 35.5. The van der Waals surface area contributed by atoms with Crippen LogP contribution in [0.5, 0.6) is 17.2 Å². The van der Waals surface area contributed by atoms with Gasteiger partial charge in [-0.15, -0.1) is 4.91 Å². The summed E-state index contributed by atoms with van der Waals surface area (Å²) in [7, 11) is 0. The first-order valence-electron chi connectivity index (χ1n) is 13.8. The lowest BCUT2D eigenvalue weighted by atomic mass is 10.0. The van der Waals surface area contributed by atoms with E-state index in [0.717, 1.165) is 41.0 Å². The number of benzene rings is 4. The molecule has 0 aliphatic heterocycles. The molecule has 9 nitrogen and oxygen atoms in total. The first kappa shape index (κ1) is 32.1. The van der Waals surface area contributed by atoms with E-state index in [2.05, 4.69) is 10.5 Å². The van der Waals surface area contributed by atoms with Gasteiger partial charge in [0, 0.05) is 35.8 Å². The number of hydrogen-bond donors (Lipinski definition) is 4. The minimum absolute atomic E-state index is 0.117. The van der Waals surface area contributed by atoms with Crippen molar-refractivity contribution < 1.29 is 19.3 Å². The van der Waals surface area contributed by atoms with Crippen LogP contribution in [-0.4, -0.2) is 31.4 Å². The molecule has 0 radical (unpaired) electrons. The van der Waals surface area contributed by atoms with Crippen LogP contribution in [0.1, 0.15) is 23.1 Å². The fourth-order valence-corrected chi connectivity index (χ4v) is 4.86. The molecule has 0 aromatic heterocycles. The number of anilines is 1. The number of nitrogens with two attached hydrogens (primary N) is 2. The second-order valence-corrected chi connectivity index (χ2v) is 10.4. The second kappa shape index (κ2) is 16.1. The van der Waals surface area contributed by atoms with Crippen molar-refractivity contribution in [1.29, 1.82) is 0 Å². The molecule has 0 amide bonds. The van der Waals surface area contributed by atoms with Gasteiger partial charge in [0.15, 0.2) is 0 Å². The summed E-state index contributed by atoms with van der Waals surface area (Å²) in [4.78, 5) is 10.8. The SMILES string of the molecule is NCc1cc(Cl)c(OCc2cccc(-c3cccc(OCCCNCCO)c3)c2Cl)cc1OCc1ccc(N=O)c(N)c1. The van der Waals surface area contributed by atoms with E-state index in [9.17, 15) is 4.91 Å². The zero-order valence-electron chi connectivity index (χ0n) is 23.5. The third-order valence-electron chi connectivity index (χ3n) is 6.58. The lowest BCUT2D eigenvalue weighted by Gasteiger charge is -2.16. The summed E-state index contributed by atoms with van der Waals surface area (Å²) in [5, 5.41) is 15.8. The quantitative estimate of drug-likeness (QED) is 0.0620. The Bertz CT molecular complexity index is 1540. The Morgan fingerprint density at radius 1 is 0.860 bits per heavy atom. The number of nitrogens with zero attached hydrogens (tertiary/aromatic N) is 1. The van der Waals surface area contributed by atoms with Gasteiger partial charge in [-0.25, -0.2) is 0 Å². The predicted octanol–water partition coefficient (Wildman–Crippen LogP) is 6.61. The molecule has 0 unspecified atom stereocenters. The Morgan fingerprint density at radius 3 is 2.44 bits per heavy atom. The first-order valence-corrected chi connectivity index (χ1v) is 14.5. The summed E-state index contributed by atoms with van der Waals surface area (Å²) in [5.74, 6) is 1.67. The van der Waals surface area contributed by atoms with Gasteiger partial charge in [-0.3, -0.25) is 0 Å². The molecule has 0 bridgehead atoms. The highest BCUT2D eigenvalue weighted by Gasteiger charge is 2.14. The van der Waals surface area contributed by atoms with Crippen LogP contribution in [0.2, 0.25) is 10.0 Å². The van der Waals surface area contributed by atoms with Crippen LogP contribution in [0.3, 0.4) is 0 Å². The molecular weight excluding hydrogens is 591 g/mol. The highest BCUT2D eigenvalue weighted by Crippen LogP contribution is 2.36. The third-order valence-corrected chi connectivity index (χ3v) is 7.32. The average molecular weight is 626 g/mol. The maximum Gasteiger partial charge on any atom is 0.142 e. The summed E-state index contributed by atoms with van der Waals surface area (Å²) < 4.78 is 18.0. The smallest absolute Gasteiger partial charge is 0.142 e. The van der Waals surface area contributed by atoms with Crippen LogP contribution in [0, 0.1) is 4.91 Å². The van der Waals surface area contributed by atoms with E-state index >= 15 is 0 Å². The van der Waals surface area contributed by atoms with Crippen molar-refractivity contribution in [3.8, 4) is 28.4 Å². The van der Waals surface area contributed by atoms with Gasteiger partial charge in [-0.1, -0.05) is 59.6 Å². The Morgan fingerprint density at radius 2 is 1.67 bits per heavy atom. The molecule has 226 valence electrons. The van der Waals surface area contributed by atoms with Crippen molar-refractivity contribution in [2.24, 2.45) is 10.9 Å². The molecule has 0 spiro atoms. The number of halogens is 2. The van der Waals surface area contributed by atoms with Gasteiger partial charge in [0.05, 0.1) is 28.9 Å². The van der Waals surface area contributed by atoms with Crippen molar-refractivity contribution in [3.63, 3.8) is 0 Å². The van der Waals surface area contributed by atoms with Crippen LogP contribution in [0.4, 0.5) is 11.4 Å². The largest absolute Gasteiger partial charge is 0.494 e. The summed E-state index contributed by atoms with van der Waals surface area (Å²) in [6.45, 7) is 2.58. The lowest BCUT2D eigenvalue weighted by molar-refractivity contribution is 0.282. The highest BCUT2D eigenvalue weighted by molar-refractivity contribution is 6.34. The van der Waals surface area contributed by atoms with E-state index < -0.39 is 0 Å².